The van der Waals surface area contributed by atoms with Crippen LogP contribution >= 0.6 is 22.7 Å². The third kappa shape index (κ3) is 15.8. The molecule has 24 heteroatoms. The Kier molecular flexibility index (Phi) is 21.0. The van der Waals surface area contributed by atoms with Crippen molar-refractivity contribution in [3.8, 4) is 0 Å². The van der Waals surface area contributed by atoms with Crippen LogP contribution in [0, 0.1) is 32.6 Å². The van der Waals surface area contributed by atoms with E-state index in [9.17, 15) is 24.6 Å². The van der Waals surface area contributed by atoms with Gasteiger partial charge in [0.2, 0.25) is 17.7 Å². The van der Waals surface area contributed by atoms with Crippen LogP contribution in [0.5, 0.6) is 0 Å². The molecule has 510 valence electrons. The zero-order chi connectivity index (χ0) is 66.7. The van der Waals surface area contributed by atoms with E-state index in [4.69, 9.17) is 0 Å². The van der Waals surface area contributed by atoms with Gasteiger partial charge in [0, 0.05) is 107 Å². The zero-order valence-corrected chi connectivity index (χ0v) is 58.6. The van der Waals surface area contributed by atoms with E-state index in [2.05, 4.69) is 168 Å². The molecule has 3 aromatic carbocycles. The Morgan fingerprint density at radius 3 is 1.24 bits per heavy atom. The highest BCUT2D eigenvalue weighted by atomic mass is 32.1. The predicted molar refractivity (Wildman–Crippen MR) is 379 cm³/mol. The van der Waals surface area contributed by atoms with Crippen molar-refractivity contribution in [1.29, 1.82) is 0 Å². The summed E-state index contributed by atoms with van der Waals surface area (Å²) in [5.41, 5.74) is 7.04. The lowest BCUT2D eigenvalue weighted by molar-refractivity contribution is -0.122. The minimum absolute atomic E-state index is 0.00829. The first-order valence-corrected chi connectivity index (χ1v) is 36.3. The Morgan fingerprint density at radius 2 is 0.905 bits per heavy atom. The van der Waals surface area contributed by atoms with Crippen molar-refractivity contribution < 1.29 is 24.6 Å². The number of likely N-dealkylation sites (tertiary alicyclic amines) is 3. The Labute approximate surface area is 566 Å². The number of aliphatic hydroxyl groups is 2. The number of anilines is 3. The van der Waals surface area contributed by atoms with Crippen molar-refractivity contribution in [2.24, 2.45) is 33.0 Å². The number of nitrogens with zero attached hydrogens (tertiary/aromatic N) is 11. The van der Waals surface area contributed by atoms with Gasteiger partial charge in [0.15, 0.2) is 17.5 Å². The van der Waals surface area contributed by atoms with Gasteiger partial charge in [-0.25, -0.2) is 4.98 Å². The number of hydrogen-bond donors (Lipinski definition) is 8. The number of hydrogen-bond acceptors (Lipinski definition) is 18. The van der Waals surface area contributed by atoms with E-state index in [0.717, 1.165) is 180 Å². The van der Waals surface area contributed by atoms with Gasteiger partial charge in [0.1, 0.15) is 11.2 Å². The molecule has 0 bridgehead atoms. The van der Waals surface area contributed by atoms with E-state index >= 15 is 0 Å². The number of fused-ring (bicyclic) bond motifs is 3. The molecule has 3 amide bonds. The van der Waals surface area contributed by atoms with Gasteiger partial charge in [-0.1, -0.05) is 55.7 Å². The summed E-state index contributed by atoms with van der Waals surface area (Å²) in [6.07, 6.45) is 16.9. The van der Waals surface area contributed by atoms with Gasteiger partial charge in [-0.05, 0) is 152 Å². The fourth-order valence-corrected chi connectivity index (χ4v) is 17.0. The molecule has 22 nitrogen and oxygen atoms in total. The van der Waals surface area contributed by atoms with Crippen molar-refractivity contribution >= 4 is 90.6 Å². The molecule has 95 heavy (non-hydrogen) atoms. The van der Waals surface area contributed by atoms with Crippen LogP contribution in [0.15, 0.2) is 72.5 Å². The lowest BCUT2D eigenvalue weighted by atomic mass is 9.78. The summed E-state index contributed by atoms with van der Waals surface area (Å²) in [5.74, 6) is 4.01. The maximum Gasteiger partial charge on any atom is 0.239 e. The summed E-state index contributed by atoms with van der Waals surface area (Å²) in [5, 5.41) is 58.9. The van der Waals surface area contributed by atoms with Crippen LogP contribution in [0.4, 0.5) is 17.5 Å². The minimum atomic E-state index is -0.722. The summed E-state index contributed by atoms with van der Waals surface area (Å²) < 4.78 is 5.52. The van der Waals surface area contributed by atoms with Gasteiger partial charge in [-0.3, -0.25) is 48.1 Å². The molecule has 8 N–H and O–H groups in total. The number of thiazole rings is 2. The van der Waals surface area contributed by atoms with Crippen LogP contribution in [0.3, 0.4) is 0 Å². The molecule has 14 rings (SSSR count). The van der Waals surface area contributed by atoms with Crippen molar-refractivity contribution in [3.05, 3.63) is 104 Å². The monoisotopic (exact) mass is 1330 g/mol. The maximum atomic E-state index is 12.5. The largest absolute Gasteiger partial charge is 0.384 e. The molecule has 3 saturated carbocycles. The number of amides is 3. The first kappa shape index (κ1) is 67.9. The summed E-state index contributed by atoms with van der Waals surface area (Å²) in [6.45, 7) is 19.1. The molecule has 0 spiro atoms. The number of nitrogens with one attached hydrogen (secondary N) is 6. The van der Waals surface area contributed by atoms with Crippen molar-refractivity contribution in [1.82, 2.24) is 70.0 Å². The van der Waals surface area contributed by atoms with Gasteiger partial charge >= 0.3 is 0 Å². The lowest BCUT2D eigenvalue weighted by Gasteiger charge is -2.48. The highest BCUT2D eigenvalue weighted by molar-refractivity contribution is 7.11. The molecule has 5 aromatic heterocycles. The average Bonchev–Trinajstić information content (AvgIpc) is 1.74. The van der Waals surface area contributed by atoms with Crippen molar-refractivity contribution in [2.45, 2.75) is 172 Å². The highest BCUT2D eigenvalue weighted by Crippen LogP contribution is 2.43. The van der Waals surface area contributed by atoms with E-state index in [1.54, 1.807) is 23.0 Å². The van der Waals surface area contributed by atoms with Crippen LogP contribution in [-0.4, -0.2) is 177 Å². The summed E-state index contributed by atoms with van der Waals surface area (Å²) in [4.78, 5) is 55.3. The number of carbonyl (C=O) groups is 3. The lowest BCUT2D eigenvalue weighted by Crippen LogP contribution is -2.63. The molecule has 0 unspecified atom stereocenters. The standard InChI is InChI=1S/C25H34N6O2S.C23H30N6O2S.C23H35N5O/c1-4-23-26-12-21(34-23)25(33)9-7-18(8-10-25)31-14-17(15-31)28-22(32)13-27-24-19-11-16(2)5-6-20(19)30(3)29-24;1-15-3-4-19-18(9-15)22(27-28(19)2)25-11-21(30)26-16-12-29(13-16)17-5-7-23(31,8-6-17)20-10-24-14-32-20;1-15(2)17-6-8-19(9-7-17)28-13-18(14-28)25-22(29)12-24-23-20-11-16(3)5-10-21(20)27(4)26-23/h5-6,11-12,17-18,33H,4,7-10,13-15H2,1-3H3,(H,27,29)(H,28,32);3-4,9-10,14,16-17,31H,5-8,11-13H2,1-2H3,(H,25,27)(H,26,30);5,10-11,15,17-19H,6-9,12-14H2,1-4H3,(H,24,26)(H,25,29). The van der Waals surface area contributed by atoms with E-state index in [1.165, 1.54) is 53.7 Å². The van der Waals surface area contributed by atoms with E-state index < -0.39 is 11.2 Å². The summed E-state index contributed by atoms with van der Waals surface area (Å²) in [7, 11) is 5.76. The highest BCUT2D eigenvalue weighted by Gasteiger charge is 2.43. The van der Waals surface area contributed by atoms with Crippen molar-refractivity contribution in [3.63, 3.8) is 0 Å². The Balaban J connectivity index is 0.000000137. The van der Waals surface area contributed by atoms with Gasteiger partial charge < -0.3 is 42.1 Å². The first-order valence-electron chi connectivity index (χ1n) is 34.6. The Bertz CT molecular complexity index is 3930. The van der Waals surface area contributed by atoms with Crippen molar-refractivity contribution in [2.75, 3.05) is 74.9 Å². The second-order valence-corrected chi connectivity index (χ2v) is 30.4. The molecule has 3 saturated heterocycles. The topological polar surface area (TPSA) is 253 Å². The molecule has 8 aromatic rings. The number of aryl methyl sites for hydroxylation is 7. The van der Waals surface area contributed by atoms with Gasteiger partial charge in [0.05, 0.1) is 74.6 Å². The maximum absolute atomic E-state index is 12.5. The molecule has 0 atom stereocenters. The van der Waals surface area contributed by atoms with E-state index in [-0.39, 0.29) is 55.5 Å². The number of benzene rings is 3. The van der Waals surface area contributed by atoms with Crippen LogP contribution < -0.4 is 31.9 Å². The number of carbonyl (C=O) groups excluding carboxylic acids is 3. The second kappa shape index (κ2) is 29.3. The average molecular weight is 1330 g/mol. The third-order valence-corrected chi connectivity index (χ3v) is 23.4. The summed E-state index contributed by atoms with van der Waals surface area (Å²) in [6, 6.07) is 21.0. The second-order valence-electron chi connectivity index (χ2n) is 28.4. The molecule has 8 heterocycles. The fourth-order valence-electron chi connectivity index (χ4n) is 15.2. The van der Waals surface area contributed by atoms with E-state index in [1.807, 2.05) is 41.4 Å². The molecule has 3 aliphatic carbocycles. The molecular formula is C71H99N17O5S2. The van der Waals surface area contributed by atoms with Crippen LogP contribution in [-0.2, 0) is 53.1 Å². The quantitative estimate of drug-likeness (QED) is 0.0377. The van der Waals surface area contributed by atoms with Gasteiger partial charge in [0.25, 0.3) is 0 Å². The van der Waals surface area contributed by atoms with E-state index in [0.29, 0.717) is 12.1 Å². The third-order valence-electron chi connectivity index (χ3n) is 21.1. The molecule has 3 aliphatic heterocycles. The Morgan fingerprint density at radius 1 is 0.537 bits per heavy atom. The molecule has 6 fully saturated rings. The number of rotatable bonds is 19. The Hall–Kier alpha value is -7.06. The molecular weight excluding hydrogens is 1240 g/mol. The van der Waals surface area contributed by atoms with Gasteiger partial charge in [-0.2, -0.15) is 15.3 Å². The van der Waals surface area contributed by atoms with Crippen LogP contribution in [0.25, 0.3) is 32.7 Å². The van der Waals surface area contributed by atoms with Crippen LogP contribution in [0.1, 0.15) is 129 Å². The molecule has 6 aliphatic rings. The van der Waals surface area contributed by atoms with Gasteiger partial charge in [-0.15, -0.1) is 22.7 Å². The summed E-state index contributed by atoms with van der Waals surface area (Å²) >= 11 is 3.18. The molecule has 0 radical (unpaired) electrons. The SMILES string of the molecule is CCc1ncc(C2(O)CCC(N3CC(NC(=O)CNc4nn(C)c5ccc(C)cc45)C3)CC2)s1.Cc1ccc2c(c1)c(NCC(=O)NC1CN(C3CCC(C(C)C)CC3)C1)nn2C.Cc1ccc2c(c1)c(NCC(=O)NC1CN(C3CCC(O)(c4cncs4)CC3)C1)nn2C. The smallest absolute Gasteiger partial charge is 0.239 e. The number of aromatic nitrogens is 8. The normalized spacial score (nSPS) is 23.8. The minimum Gasteiger partial charge on any atom is -0.384 e. The fraction of sp³-hybridized carbons (Fsp3) is 0.577. The predicted octanol–water partition coefficient (Wildman–Crippen LogP) is 8.63. The first-order chi connectivity index (χ1) is 45.7. The zero-order valence-electron chi connectivity index (χ0n) is 57.0. The van der Waals surface area contributed by atoms with Crippen LogP contribution in [0.2, 0.25) is 0 Å².